The van der Waals surface area contributed by atoms with E-state index in [0.717, 1.165) is 17.7 Å². The van der Waals surface area contributed by atoms with Crippen molar-refractivity contribution in [1.82, 2.24) is 0 Å². The molecule has 0 unspecified atom stereocenters. The van der Waals surface area contributed by atoms with Crippen LogP contribution in [0.1, 0.15) is 26.3 Å². The number of nitrogens with two attached hydrogens (primary N) is 1. The third-order valence-corrected chi connectivity index (χ3v) is 1.85. The summed E-state index contributed by atoms with van der Waals surface area (Å²) in [6.45, 7) is 6.45. The van der Waals surface area contributed by atoms with Crippen LogP contribution < -0.4 is 5.73 Å². The van der Waals surface area contributed by atoms with Crippen molar-refractivity contribution < 1.29 is 5.11 Å². The lowest BCUT2D eigenvalue weighted by atomic mass is 9.87. The fraction of sp³-hybridized carbons (Fsp3) is 0.455. The quantitative estimate of drug-likeness (QED) is 0.514. The summed E-state index contributed by atoms with van der Waals surface area (Å²) in [5, 5.41) is 9.28. The first-order valence-electron chi connectivity index (χ1n) is 4.46. The molecule has 0 saturated carbocycles. The second-order valence-electron chi connectivity index (χ2n) is 4.62. The molecular formula is C11H17NO. The Hall–Kier alpha value is -1.18. The molecular weight excluding hydrogens is 162 g/mol. The summed E-state index contributed by atoms with van der Waals surface area (Å²) in [6.07, 6.45) is 0.882. The number of anilines is 1. The van der Waals surface area contributed by atoms with Gasteiger partial charge in [0.25, 0.3) is 0 Å². The van der Waals surface area contributed by atoms with Crippen LogP contribution in [0.2, 0.25) is 0 Å². The van der Waals surface area contributed by atoms with E-state index < -0.39 is 0 Å². The summed E-state index contributed by atoms with van der Waals surface area (Å²) in [5.74, 6) is 0.286. The lowest BCUT2D eigenvalue weighted by Gasteiger charge is -2.19. The molecule has 0 amide bonds. The minimum Gasteiger partial charge on any atom is -0.508 e. The minimum atomic E-state index is 0.196. The van der Waals surface area contributed by atoms with Gasteiger partial charge in [0.1, 0.15) is 5.75 Å². The zero-order valence-electron chi connectivity index (χ0n) is 8.46. The molecule has 2 nitrogen and oxygen atoms in total. The van der Waals surface area contributed by atoms with Crippen molar-refractivity contribution >= 4 is 5.69 Å². The van der Waals surface area contributed by atoms with E-state index in [-0.39, 0.29) is 11.2 Å². The molecule has 13 heavy (non-hydrogen) atoms. The maximum atomic E-state index is 9.28. The molecule has 1 rings (SSSR count). The highest BCUT2D eigenvalue weighted by atomic mass is 16.3. The normalized spacial score (nSPS) is 11.6. The smallest absolute Gasteiger partial charge is 0.116 e. The third-order valence-electron chi connectivity index (χ3n) is 1.85. The molecule has 2 heteroatoms. The minimum absolute atomic E-state index is 0.196. The highest BCUT2D eigenvalue weighted by molar-refractivity contribution is 5.50. The van der Waals surface area contributed by atoms with E-state index >= 15 is 0 Å². The van der Waals surface area contributed by atoms with E-state index in [1.807, 2.05) is 0 Å². The van der Waals surface area contributed by atoms with Gasteiger partial charge < -0.3 is 10.8 Å². The zero-order chi connectivity index (χ0) is 10.1. The van der Waals surface area contributed by atoms with Gasteiger partial charge in [0, 0.05) is 5.69 Å². The standard InChI is InChI=1S/C11H17NO/c1-11(2,3)7-8-6-9(13)4-5-10(8)12/h4-6,13H,7,12H2,1-3H3. The predicted octanol–water partition coefficient (Wildman–Crippen LogP) is 2.56. The maximum Gasteiger partial charge on any atom is 0.116 e. The second kappa shape index (κ2) is 3.29. The average Bonchev–Trinajstić information content (AvgIpc) is 1.94. The summed E-state index contributed by atoms with van der Waals surface area (Å²) in [7, 11) is 0. The Kier molecular flexibility index (Phi) is 2.50. The molecule has 0 spiro atoms. The van der Waals surface area contributed by atoms with E-state index in [4.69, 9.17) is 5.73 Å². The second-order valence-corrected chi connectivity index (χ2v) is 4.62. The Labute approximate surface area is 79.4 Å². The van der Waals surface area contributed by atoms with Crippen molar-refractivity contribution in [2.45, 2.75) is 27.2 Å². The van der Waals surface area contributed by atoms with Crippen molar-refractivity contribution in [1.29, 1.82) is 0 Å². The van der Waals surface area contributed by atoms with Gasteiger partial charge in [0.05, 0.1) is 0 Å². The number of benzene rings is 1. The van der Waals surface area contributed by atoms with Crippen molar-refractivity contribution in [2.75, 3.05) is 5.73 Å². The van der Waals surface area contributed by atoms with Gasteiger partial charge in [-0.25, -0.2) is 0 Å². The van der Waals surface area contributed by atoms with Crippen molar-refractivity contribution in [3.63, 3.8) is 0 Å². The molecule has 72 valence electrons. The first-order valence-corrected chi connectivity index (χ1v) is 4.46. The zero-order valence-corrected chi connectivity index (χ0v) is 8.46. The third kappa shape index (κ3) is 2.98. The van der Waals surface area contributed by atoms with Crippen LogP contribution in [-0.4, -0.2) is 5.11 Å². The summed E-state index contributed by atoms with van der Waals surface area (Å²) in [6, 6.07) is 5.10. The van der Waals surface area contributed by atoms with E-state index in [0.29, 0.717) is 0 Å². The highest BCUT2D eigenvalue weighted by Gasteiger charge is 2.13. The Balaban J connectivity index is 2.94. The van der Waals surface area contributed by atoms with Gasteiger partial charge in [-0.3, -0.25) is 0 Å². The average molecular weight is 179 g/mol. The van der Waals surface area contributed by atoms with Crippen LogP contribution in [0, 0.1) is 5.41 Å². The Morgan fingerprint density at radius 1 is 1.31 bits per heavy atom. The van der Waals surface area contributed by atoms with Gasteiger partial charge in [0.2, 0.25) is 0 Å². The maximum absolute atomic E-state index is 9.28. The molecule has 0 atom stereocenters. The Morgan fingerprint density at radius 2 is 1.92 bits per heavy atom. The molecule has 3 N–H and O–H groups in total. The van der Waals surface area contributed by atoms with Crippen LogP contribution in [0.4, 0.5) is 5.69 Å². The predicted molar refractivity (Wildman–Crippen MR) is 55.7 cm³/mol. The molecule has 0 fully saturated rings. The van der Waals surface area contributed by atoms with Crippen LogP contribution in [0.15, 0.2) is 18.2 Å². The van der Waals surface area contributed by atoms with E-state index in [1.54, 1.807) is 18.2 Å². The van der Waals surface area contributed by atoms with E-state index in [2.05, 4.69) is 20.8 Å². The van der Waals surface area contributed by atoms with Crippen molar-refractivity contribution in [3.05, 3.63) is 23.8 Å². The first-order chi connectivity index (χ1) is 5.88. The molecule has 0 saturated heterocycles. The van der Waals surface area contributed by atoms with Gasteiger partial charge in [-0.1, -0.05) is 20.8 Å². The van der Waals surface area contributed by atoms with Gasteiger partial charge >= 0.3 is 0 Å². The van der Waals surface area contributed by atoms with Gasteiger partial charge in [0.15, 0.2) is 0 Å². The summed E-state index contributed by atoms with van der Waals surface area (Å²) < 4.78 is 0. The van der Waals surface area contributed by atoms with Crippen LogP contribution in [0.5, 0.6) is 5.75 Å². The van der Waals surface area contributed by atoms with E-state index in [1.165, 1.54) is 0 Å². The molecule has 1 aromatic carbocycles. The summed E-state index contributed by atoms with van der Waals surface area (Å²) in [5.41, 5.74) is 7.76. The molecule has 0 bridgehead atoms. The number of rotatable bonds is 1. The summed E-state index contributed by atoms with van der Waals surface area (Å²) >= 11 is 0. The van der Waals surface area contributed by atoms with Crippen molar-refractivity contribution in [3.8, 4) is 5.75 Å². The SMILES string of the molecule is CC(C)(C)Cc1cc(O)ccc1N. The van der Waals surface area contributed by atoms with Crippen LogP contribution >= 0.6 is 0 Å². The van der Waals surface area contributed by atoms with Gasteiger partial charge in [-0.2, -0.15) is 0 Å². The Morgan fingerprint density at radius 3 is 2.46 bits per heavy atom. The molecule has 1 aromatic rings. The molecule has 0 aliphatic carbocycles. The van der Waals surface area contributed by atoms with Crippen LogP contribution in [-0.2, 0) is 6.42 Å². The lowest BCUT2D eigenvalue weighted by molar-refractivity contribution is 0.410. The largest absolute Gasteiger partial charge is 0.508 e. The number of phenolic OH excluding ortho intramolecular Hbond substituents is 1. The molecule has 0 aromatic heterocycles. The number of hydrogen-bond acceptors (Lipinski definition) is 2. The van der Waals surface area contributed by atoms with E-state index in [9.17, 15) is 5.11 Å². The number of aromatic hydroxyl groups is 1. The fourth-order valence-corrected chi connectivity index (χ4v) is 1.32. The first kappa shape index (κ1) is 9.90. The lowest BCUT2D eigenvalue weighted by Crippen LogP contribution is -2.10. The molecule has 0 radical (unpaired) electrons. The molecule has 0 aliphatic rings. The van der Waals surface area contributed by atoms with Crippen LogP contribution in [0.3, 0.4) is 0 Å². The number of nitrogen functional groups attached to an aromatic ring is 1. The van der Waals surface area contributed by atoms with Gasteiger partial charge in [-0.05, 0) is 35.6 Å². The van der Waals surface area contributed by atoms with Crippen LogP contribution in [0.25, 0.3) is 0 Å². The monoisotopic (exact) mass is 179 g/mol. The molecule has 0 aliphatic heterocycles. The van der Waals surface area contributed by atoms with Crippen molar-refractivity contribution in [2.24, 2.45) is 5.41 Å². The summed E-state index contributed by atoms with van der Waals surface area (Å²) in [4.78, 5) is 0. The fourth-order valence-electron chi connectivity index (χ4n) is 1.32. The van der Waals surface area contributed by atoms with Gasteiger partial charge in [-0.15, -0.1) is 0 Å². The number of hydrogen-bond donors (Lipinski definition) is 2. The molecule has 0 heterocycles. The number of phenols is 1. The topological polar surface area (TPSA) is 46.2 Å². The Bertz CT molecular complexity index is 299. The highest BCUT2D eigenvalue weighted by Crippen LogP contribution is 2.26.